The maximum atomic E-state index is 10.2. The summed E-state index contributed by atoms with van der Waals surface area (Å²) in [5.41, 5.74) is 0. The van der Waals surface area contributed by atoms with Crippen LogP contribution in [0.4, 0.5) is 0 Å². The normalized spacial score (nSPS) is 10.6. The molecular formula is C22H46O8. The molecule has 0 aliphatic rings. The van der Waals surface area contributed by atoms with E-state index in [1.54, 1.807) is 0 Å². The number of rotatable bonds is 23. The molecule has 0 saturated heterocycles. The third kappa shape index (κ3) is 34.7. The average Bonchev–Trinajstić information content (AvgIpc) is 2.74. The number of ether oxygens (including phenoxy) is 4. The molecule has 8 heteroatoms. The topological polar surface area (TPSA) is 115 Å². The van der Waals surface area contributed by atoms with Crippen LogP contribution in [0.5, 0.6) is 0 Å². The quantitative estimate of drug-likeness (QED) is 0.209. The highest BCUT2D eigenvalue weighted by atomic mass is 16.6. The molecular weight excluding hydrogens is 392 g/mol. The minimum absolute atomic E-state index is 0.0386. The van der Waals surface area contributed by atoms with Crippen molar-refractivity contribution in [2.75, 3.05) is 66.1 Å². The molecule has 0 fully saturated rings. The molecule has 0 amide bonds. The molecule has 8 nitrogen and oxygen atoms in total. The summed E-state index contributed by atoms with van der Waals surface area (Å²) in [6.45, 7) is 6.02. The van der Waals surface area contributed by atoms with E-state index in [2.05, 4.69) is 6.92 Å². The number of unbranched alkanes of at least 4 members (excludes halogenated alkanes) is 8. The highest BCUT2D eigenvalue weighted by molar-refractivity contribution is 5.66. The van der Waals surface area contributed by atoms with Crippen molar-refractivity contribution in [1.29, 1.82) is 0 Å². The van der Waals surface area contributed by atoms with E-state index in [0.29, 0.717) is 59.3 Å². The second-order valence-electron chi connectivity index (χ2n) is 6.87. The van der Waals surface area contributed by atoms with E-state index < -0.39 is 5.97 Å². The maximum absolute atomic E-state index is 10.2. The zero-order chi connectivity index (χ0) is 22.5. The zero-order valence-electron chi connectivity index (χ0n) is 19.0. The molecule has 0 bridgehead atoms. The Morgan fingerprint density at radius 2 is 0.900 bits per heavy atom. The molecule has 0 atom stereocenters. The zero-order valence-corrected chi connectivity index (χ0v) is 19.0. The molecule has 3 N–H and O–H groups in total. The van der Waals surface area contributed by atoms with Gasteiger partial charge < -0.3 is 34.3 Å². The highest BCUT2D eigenvalue weighted by Crippen LogP contribution is 2.10. The predicted molar refractivity (Wildman–Crippen MR) is 117 cm³/mol. The molecule has 30 heavy (non-hydrogen) atoms. The van der Waals surface area contributed by atoms with Crippen LogP contribution in [0, 0.1) is 0 Å². The van der Waals surface area contributed by atoms with Crippen LogP contribution in [-0.4, -0.2) is 87.4 Å². The van der Waals surface area contributed by atoms with E-state index in [1.807, 2.05) is 0 Å². The molecule has 0 aliphatic carbocycles. The molecule has 0 heterocycles. The Labute approximate surface area is 182 Å². The summed E-state index contributed by atoms with van der Waals surface area (Å²) in [6, 6.07) is 0. The van der Waals surface area contributed by atoms with Crippen LogP contribution in [0.3, 0.4) is 0 Å². The largest absolute Gasteiger partial charge is 0.481 e. The number of carboxylic acid groups (broad SMARTS) is 1. The van der Waals surface area contributed by atoms with E-state index in [4.69, 9.17) is 34.3 Å². The van der Waals surface area contributed by atoms with Gasteiger partial charge in [-0.05, 0) is 6.42 Å². The van der Waals surface area contributed by atoms with Gasteiger partial charge in [-0.2, -0.15) is 0 Å². The first kappa shape index (κ1) is 31.4. The number of hydrogen-bond donors (Lipinski definition) is 3. The molecule has 182 valence electrons. The summed E-state index contributed by atoms with van der Waals surface area (Å²) >= 11 is 0. The van der Waals surface area contributed by atoms with E-state index in [1.165, 1.54) is 44.9 Å². The molecule has 0 aromatic rings. The molecule has 0 unspecified atom stereocenters. The van der Waals surface area contributed by atoms with Gasteiger partial charge in [-0.3, -0.25) is 4.79 Å². The van der Waals surface area contributed by atoms with Crippen LogP contribution < -0.4 is 0 Å². The van der Waals surface area contributed by atoms with E-state index in [-0.39, 0.29) is 13.2 Å². The number of aliphatic carboxylic acids is 1. The van der Waals surface area contributed by atoms with Crippen LogP contribution in [0.1, 0.15) is 71.1 Å². The van der Waals surface area contributed by atoms with Gasteiger partial charge in [-0.1, -0.05) is 58.3 Å². The standard InChI is InChI=1S/C12H24O2.C10H22O6/c1-2-3-4-5-6-7-8-9-10-11-12(13)14;11-1-3-13-5-7-15-9-10-16-8-6-14-4-2-12/h2-11H2,1H3,(H,13,14);11-12H,1-10H2. The van der Waals surface area contributed by atoms with Gasteiger partial charge in [0.15, 0.2) is 0 Å². The fourth-order valence-corrected chi connectivity index (χ4v) is 2.48. The summed E-state index contributed by atoms with van der Waals surface area (Å²) in [5.74, 6) is -0.659. The van der Waals surface area contributed by atoms with Gasteiger partial charge in [0.05, 0.1) is 66.1 Å². The number of carboxylic acids is 1. The number of aliphatic hydroxyl groups excluding tert-OH is 2. The highest BCUT2D eigenvalue weighted by Gasteiger charge is 1.96. The predicted octanol–water partition coefficient (Wildman–Crippen LogP) is 3.03. The van der Waals surface area contributed by atoms with Crippen LogP contribution in [0.2, 0.25) is 0 Å². The van der Waals surface area contributed by atoms with E-state index in [9.17, 15) is 4.79 Å². The second kappa shape index (κ2) is 30.4. The average molecular weight is 439 g/mol. The van der Waals surface area contributed by atoms with Crippen LogP contribution >= 0.6 is 0 Å². The Kier molecular flexibility index (Phi) is 31.9. The Hall–Kier alpha value is -0.770. The van der Waals surface area contributed by atoms with Gasteiger partial charge >= 0.3 is 5.97 Å². The first-order chi connectivity index (χ1) is 14.7. The summed E-state index contributed by atoms with van der Waals surface area (Å²) in [5, 5.41) is 25.2. The third-order valence-electron chi connectivity index (χ3n) is 4.08. The van der Waals surface area contributed by atoms with Gasteiger partial charge in [0.1, 0.15) is 0 Å². The monoisotopic (exact) mass is 438 g/mol. The fourth-order valence-electron chi connectivity index (χ4n) is 2.48. The lowest BCUT2D eigenvalue weighted by molar-refractivity contribution is -0.137. The smallest absolute Gasteiger partial charge is 0.303 e. The lowest BCUT2D eigenvalue weighted by Crippen LogP contribution is -2.13. The van der Waals surface area contributed by atoms with Crippen molar-refractivity contribution in [2.24, 2.45) is 0 Å². The van der Waals surface area contributed by atoms with Gasteiger partial charge in [0, 0.05) is 6.42 Å². The van der Waals surface area contributed by atoms with Gasteiger partial charge in [0.25, 0.3) is 0 Å². The lowest BCUT2D eigenvalue weighted by Gasteiger charge is -2.06. The van der Waals surface area contributed by atoms with Crippen molar-refractivity contribution < 1.29 is 39.1 Å². The number of aliphatic hydroxyl groups is 2. The summed E-state index contributed by atoms with van der Waals surface area (Å²) < 4.78 is 20.4. The summed E-state index contributed by atoms with van der Waals surface area (Å²) in [4.78, 5) is 10.2. The van der Waals surface area contributed by atoms with E-state index in [0.717, 1.165) is 12.8 Å². The van der Waals surface area contributed by atoms with Crippen LogP contribution in [0.25, 0.3) is 0 Å². The maximum Gasteiger partial charge on any atom is 0.303 e. The first-order valence-electron chi connectivity index (χ1n) is 11.4. The van der Waals surface area contributed by atoms with E-state index >= 15 is 0 Å². The van der Waals surface area contributed by atoms with Crippen molar-refractivity contribution >= 4 is 5.97 Å². The molecule has 0 aromatic carbocycles. The van der Waals surface area contributed by atoms with Gasteiger partial charge in [-0.15, -0.1) is 0 Å². The molecule has 0 rings (SSSR count). The molecule has 0 radical (unpaired) electrons. The first-order valence-corrected chi connectivity index (χ1v) is 11.4. The van der Waals surface area contributed by atoms with Crippen molar-refractivity contribution in [2.45, 2.75) is 71.1 Å². The number of hydrogen-bond acceptors (Lipinski definition) is 7. The van der Waals surface area contributed by atoms with Crippen molar-refractivity contribution in [3.05, 3.63) is 0 Å². The lowest BCUT2D eigenvalue weighted by atomic mass is 10.1. The van der Waals surface area contributed by atoms with Crippen molar-refractivity contribution in [3.8, 4) is 0 Å². The molecule has 0 aromatic heterocycles. The fraction of sp³-hybridized carbons (Fsp3) is 0.955. The Morgan fingerprint density at radius 1 is 0.567 bits per heavy atom. The Morgan fingerprint density at radius 3 is 1.23 bits per heavy atom. The Bertz CT molecular complexity index is 302. The van der Waals surface area contributed by atoms with Crippen LogP contribution in [0.15, 0.2) is 0 Å². The molecule has 0 spiro atoms. The van der Waals surface area contributed by atoms with Gasteiger partial charge in [-0.25, -0.2) is 0 Å². The minimum atomic E-state index is -0.659. The summed E-state index contributed by atoms with van der Waals surface area (Å²) in [7, 11) is 0. The second-order valence-corrected chi connectivity index (χ2v) is 6.87. The van der Waals surface area contributed by atoms with Crippen molar-refractivity contribution in [1.82, 2.24) is 0 Å². The minimum Gasteiger partial charge on any atom is -0.481 e. The SMILES string of the molecule is CCCCCCCCCCCC(=O)O.OCCOCCOCCOCCOCCO. The third-order valence-corrected chi connectivity index (χ3v) is 4.08. The van der Waals surface area contributed by atoms with Crippen molar-refractivity contribution in [3.63, 3.8) is 0 Å². The van der Waals surface area contributed by atoms with Crippen LogP contribution in [-0.2, 0) is 23.7 Å². The van der Waals surface area contributed by atoms with Gasteiger partial charge in [0.2, 0.25) is 0 Å². The molecule has 0 aliphatic heterocycles. The Balaban J connectivity index is 0. The summed E-state index contributed by atoms with van der Waals surface area (Å²) in [6.07, 6.45) is 11.5. The number of carbonyl (C=O) groups is 1. The molecule has 0 saturated carbocycles.